The highest BCUT2D eigenvalue weighted by molar-refractivity contribution is 5.85. The molecule has 2 aliphatic rings. The van der Waals surface area contributed by atoms with Crippen molar-refractivity contribution in [3.8, 4) is 5.75 Å². The van der Waals surface area contributed by atoms with Crippen LogP contribution in [-0.4, -0.2) is 53.5 Å². The second kappa shape index (κ2) is 8.25. The highest BCUT2D eigenvalue weighted by Gasteiger charge is 2.41. The molecule has 2 amide bonds. The normalized spacial score (nSPS) is 25.1. The van der Waals surface area contributed by atoms with Gasteiger partial charge in [-0.1, -0.05) is 42.5 Å². The van der Waals surface area contributed by atoms with Gasteiger partial charge in [0.2, 0.25) is 11.8 Å². The molecule has 0 saturated carbocycles. The molecule has 1 N–H and O–H groups in total. The van der Waals surface area contributed by atoms with Crippen LogP contribution in [0.4, 0.5) is 0 Å². The molecular formula is C23H26N2O4. The molecule has 6 heteroatoms. The highest BCUT2D eigenvalue weighted by Crippen LogP contribution is 2.37. The van der Waals surface area contributed by atoms with Gasteiger partial charge in [-0.3, -0.25) is 9.59 Å². The number of nitrogens with zero attached hydrogens (tertiary/aromatic N) is 2. The van der Waals surface area contributed by atoms with Crippen LogP contribution in [0.25, 0.3) is 0 Å². The third-order valence-electron chi connectivity index (χ3n) is 5.94. The number of morpholine rings is 1. The predicted molar refractivity (Wildman–Crippen MR) is 108 cm³/mol. The second-order valence-electron chi connectivity index (χ2n) is 7.74. The summed E-state index contributed by atoms with van der Waals surface area (Å²) >= 11 is 0. The van der Waals surface area contributed by atoms with E-state index < -0.39 is 0 Å². The number of amides is 2. The van der Waals surface area contributed by atoms with Crippen molar-refractivity contribution in [3.63, 3.8) is 0 Å². The van der Waals surface area contributed by atoms with Crippen molar-refractivity contribution in [1.82, 2.24) is 9.80 Å². The topological polar surface area (TPSA) is 70.1 Å². The number of phenolic OH excluding ortho intramolecular Hbond substituents is 1. The molecule has 0 radical (unpaired) electrons. The molecule has 29 heavy (non-hydrogen) atoms. The van der Waals surface area contributed by atoms with Crippen LogP contribution in [0.15, 0.2) is 54.6 Å². The monoisotopic (exact) mass is 394 g/mol. The molecule has 2 saturated heterocycles. The van der Waals surface area contributed by atoms with Crippen LogP contribution in [0.3, 0.4) is 0 Å². The summed E-state index contributed by atoms with van der Waals surface area (Å²) in [4.78, 5) is 29.4. The third kappa shape index (κ3) is 3.98. The summed E-state index contributed by atoms with van der Waals surface area (Å²) in [6.45, 7) is 1.42. The van der Waals surface area contributed by atoms with Gasteiger partial charge in [-0.2, -0.15) is 0 Å². The van der Waals surface area contributed by atoms with Gasteiger partial charge in [-0.05, 0) is 29.7 Å². The SMILES string of the molecule is CN1C(=O)CCC(C(=O)N2CCOC(c3cccc(O)c3)C2)C1c1ccccc1. The van der Waals surface area contributed by atoms with Crippen LogP contribution >= 0.6 is 0 Å². The Hall–Kier alpha value is -2.86. The van der Waals surface area contributed by atoms with E-state index in [1.165, 1.54) is 0 Å². The Morgan fingerprint density at radius 3 is 2.62 bits per heavy atom. The molecule has 2 heterocycles. The molecule has 152 valence electrons. The molecule has 2 fully saturated rings. The van der Waals surface area contributed by atoms with Crippen molar-refractivity contribution in [3.05, 3.63) is 65.7 Å². The van der Waals surface area contributed by atoms with E-state index in [2.05, 4.69) is 0 Å². The van der Waals surface area contributed by atoms with Gasteiger partial charge in [0.15, 0.2) is 0 Å². The van der Waals surface area contributed by atoms with Crippen molar-refractivity contribution in [2.45, 2.75) is 25.0 Å². The summed E-state index contributed by atoms with van der Waals surface area (Å²) in [6.07, 6.45) is 0.671. The first kappa shape index (κ1) is 19.5. The van der Waals surface area contributed by atoms with E-state index in [4.69, 9.17) is 4.74 Å². The Kier molecular flexibility index (Phi) is 5.53. The predicted octanol–water partition coefficient (Wildman–Crippen LogP) is 2.90. The zero-order chi connectivity index (χ0) is 20.4. The Balaban J connectivity index is 1.56. The fraction of sp³-hybridized carbons (Fsp3) is 0.391. The van der Waals surface area contributed by atoms with E-state index in [0.29, 0.717) is 32.5 Å². The van der Waals surface area contributed by atoms with Crippen LogP contribution < -0.4 is 0 Å². The quantitative estimate of drug-likeness (QED) is 0.869. The summed E-state index contributed by atoms with van der Waals surface area (Å²) in [5.41, 5.74) is 1.84. The summed E-state index contributed by atoms with van der Waals surface area (Å²) < 4.78 is 5.87. The van der Waals surface area contributed by atoms with Crippen LogP contribution in [0.1, 0.15) is 36.1 Å². The molecule has 2 aliphatic heterocycles. The molecule has 0 aliphatic carbocycles. The van der Waals surface area contributed by atoms with Crippen LogP contribution in [0.2, 0.25) is 0 Å². The molecule has 0 spiro atoms. The number of hydrogen-bond donors (Lipinski definition) is 1. The zero-order valence-corrected chi connectivity index (χ0v) is 16.5. The lowest BCUT2D eigenvalue weighted by molar-refractivity contribution is -0.151. The molecule has 0 aromatic heterocycles. The number of likely N-dealkylation sites (tertiary alicyclic amines) is 1. The van der Waals surface area contributed by atoms with Crippen LogP contribution in [-0.2, 0) is 14.3 Å². The molecule has 6 nitrogen and oxygen atoms in total. The molecule has 3 unspecified atom stereocenters. The first-order valence-corrected chi connectivity index (χ1v) is 10.0. The number of carbonyl (C=O) groups excluding carboxylic acids is 2. The minimum atomic E-state index is -0.275. The largest absolute Gasteiger partial charge is 0.508 e. The first-order valence-electron chi connectivity index (χ1n) is 10.0. The Bertz CT molecular complexity index is 885. The number of ether oxygens (including phenoxy) is 1. The van der Waals surface area contributed by atoms with E-state index in [0.717, 1.165) is 11.1 Å². The zero-order valence-electron chi connectivity index (χ0n) is 16.5. The van der Waals surface area contributed by atoms with Gasteiger partial charge in [0.1, 0.15) is 11.9 Å². The number of rotatable bonds is 3. The molecule has 2 aromatic carbocycles. The second-order valence-corrected chi connectivity index (χ2v) is 7.74. The van der Waals surface area contributed by atoms with Gasteiger partial charge >= 0.3 is 0 Å². The standard InChI is InChI=1S/C23H26N2O4/c1-24-21(27)11-10-19(22(24)16-6-3-2-4-7-16)23(28)25-12-13-29-20(15-25)17-8-5-9-18(26)14-17/h2-9,14,19-20,22,26H,10-13,15H2,1H3. The summed E-state index contributed by atoms with van der Waals surface area (Å²) in [6, 6.07) is 16.5. The number of hydrogen-bond acceptors (Lipinski definition) is 4. The molecule has 4 rings (SSSR count). The van der Waals surface area contributed by atoms with Gasteiger partial charge in [0, 0.05) is 20.0 Å². The van der Waals surface area contributed by atoms with Crippen LogP contribution in [0, 0.1) is 5.92 Å². The number of benzene rings is 2. The summed E-state index contributed by atoms with van der Waals surface area (Å²) in [5.74, 6) is 0.0447. The fourth-order valence-corrected chi connectivity index (χ4v) is 4.41. The first-order chi connectivity index (χ1) is 14.0. The average Bonchev–Trinajstić information content (AvgIpc) is 2.76. The van der Waals surface area contributed by atoms with Gasteiger partial charge in [0.05, 0.1) is 25.1 Å². The number of phenols is 1. The Morgan fingerprint density at radius 2 is 1.86 bits per heavy atom. The smallest absolute Gasteiger partial charge is 0.228 e. The van der Waals surface area contributed by atoms with Crippen molar-refractivity contribution in [2.24, 2.45) is 5.92 Å². The lowest BCUT2D eigenvalue weighted by Gasteiger charge is -2.42. The maximum absolute atomic E-state index is 13.5. The average molecular weight is 394 g/mol. The van der Waals surface area contributed by atoms with Gasteiger partial charge in [-0.15, -0.1) is 0 Å². The third-order valence-corrected chi connectivity index (χ3v) is 5.94. The summed E-state index contributed by atoms with van der Waals surface area (Å²) in [7, 11) is 1.79. The molecule has 2 aromatic rings. The van der Waals surface area contributed by atoms with Gasteiger partial charge in [0.25, 0.3) is 0 Å². The van der Waals surface area contributed by atoms with Crippen molar-refractivity contribution in [1.29, 1.82) is 0 Å². The molecule has 3 atom stereocenters. The van der Waals surface area contributed by atoms with E-state index >= 15 is 0 Å². The Morgan fingerprint density at radius 1 is 1.10 bits per heavy atom. The minimum absolute atomic E-state index is 0.0617. The van der Waals surface area contributed by atoms with E-state index in [1.807, 2.05) is 41.3 Å². The Labute approximate surface area is 170 Å². The number of aromatic hydroxyl groups is 1. The van der Waals surface area contributed by atoms with E-state index in [9.17, 15) is 14.7 Å². The van der Waals surface area contributed by atoms with Crippen molar-refractivity contribution < 1.29 is 19.4 Å². The molecular weight excluding hydrogens is 368 g/mol. The van der Waals surface area contributed by atoms with E-state index in [-0.39, 0.29) is 35.6 Å². The minimum Gasteiger partial charge on any atom is -0.508 e. The maximum atomic E-state index is 13.5. The lowest BCUT2D eigenvalue weighted by atomic mass is 9.83. The van der Waals surface area contributed by atoms with Crippen molar-refractivity contribution >= 4 is 11.8 Å². The fourth-order valence-electron chi connectivity index (χ4n) is 4.41. The summed E-state index contributed by atoms with van der Waals surface area (Å²) in [5, 5.41) is 9.76. The van der Waals surface area contributed by atoms with Crippen molar-refractivity contribution in [2.75, 3.05) is 26.7 Å². The van der Waals surface area contributed by atoms with Gasteiger partial charge in [-0.25, -0.2) is 0 Å². The van der Waals surface area contributed by atoms with Crippen LogP contribution in [0.5, 0.6) is 5.75 Å². The van der Waals surface area contributed by atoms with E-state index in [1.54, 1.807) is 30.1 Å². The lowest BCUT2D eigenvalue weighted by Crippen LogP contribution is -2.50. The number of carbonyl (C=O) groups is 2. The molecule has 0 bridgehead atoms. The van der Waals surface area contributed by atoms with Gasteiger partial charge < -0.3 is 19.6 Å². The number of piperidine rings is 1. The highest BCUT2D eigenvalue weighted by atomic mass is 16.5. The maximum Gasteiger partial charge on any atom is 0.228 e.